The SMILES string of the molecule is COc1ccc(CNC(=O)[C@H]2C(C)CCCC2(C)C)cc1. The van der Waals surface area contributed by atoms with Crippen molar-refractivity contribution < 1.29 is 9.53 Å². The average molecular weight is 289 g/mol. The molecule has 1 aromatic rings. The fraction of sp³-hybridized carbons (Fsp3) is 0.611. The molecule has 1 saturated carbocycles. The summed E-state index contributed by atoms with van der Waals surface area (Å²) in [7, 11) is 1.66. The quantitative estimate of drug-likeness (QED) is 0.916. The van der Waals surface area contributed by atoms with Crippen molar-refractivity contribution >= 4 is 5.91 Å². The molecule has 21 heavy (non-hydrogen) atoms. The molecule has 3 heteroatoms. The fourth-order valence-electron chi connectivity index (χ4n) is 3.63. The van der Waals surface area contributed by atoms with E-state index in [1.54, 1.807) is 7.11 Å². The molecule has 1 aliphatic carbocycles. The molecule has 1 amide bonds. The lowest BCUT2D eigenvalue weighted by Crippen LogP contribution is -2.44. The average Bonchev–Trinajstić information content (AvgIpc) is 2.44. The first-order valence-electron chi connectivity index (χ1n) is 7.84. The third-order valence-electron chi connectivity index (χ3n) is 4.80. The van der Waals surface area contributed by atoms with Crippen molar-refractivity contribution in [3.63, 3.8) is 0 Å². The molecule has 1 aromatic carbocycles. The third kappa shape index (κ3) is 3.78. The van der Waals surface area contributed by atoms with Crippen LogP contribution in [0.2, 0.25) is 0 Å². The van der Waals surface area contributed by atoms with Gasteiger partial charge >= 0.3 is 0 Å². The number of hydrogen-bond acceptors (Lipinski definition) is 2. The highest BCUT2D eigenvalue weighted by Crippen LogP contribution is 2.43. The van der Waals surface area contributed by atoms with Gasteiger partial charge in [0.2, 0.25) is 5.91 Å². The molecule has 1 unspecified atom stereocenters. The smallest absolute Gasteiger partial charge is 0.224 e. The third-order valence-corrected chi connectivity index (χ3v) is 4.80. The largest absolute Gasteiger partial charge is 0.497 e. The second-order valence-corrected chi connectivity index (χ2v) is 6.90. The molecular formula is C18H27NO2. The first kappa shape index (κ1) is 15.9. The van der Waals surface area contributed by atoms with Crippen molar-refractivity contribution in [2.45, 2.75) is 46.6 Å². The zero-order valence-corrected chi connectivity index (χ0v) is 13.6. The van der Waals surface area contributed by atoms with Crippen molar-refractivity contribution in [2.75, 3.05) is 7.11 Å². The van der Waals surface area contributed by atoms with E-state index in [0.717, 1.165) is 24.2 Å². The van der Waals surface area contributed by atoms with E-state index in [4.69, 9.17) is 4.74 Å². The Morgan fingerprint density at radius 3 is 2.57 bits per heavy atom. The number of methoxy groups -OCH3 is 1. The maximum absolute atomic E-state index is 12.6. The summed E-state index contributed by atoms with van der Waals surface area (Å²) >= 11 is 0. The number of rotatable bonds is 4. The van der Waals surface area contributed by atoms with Crippen LogP contribution in [0.5, 0.6) is 5.75 Å². The summed E-state index contributed by atoms with van der Waals surface area (Å²) in [5.41, 5.74) is 1.20. The van der Waals surface area contributed by atoms with Crippen molar-refractivity contribution in [1.29, 1.82) is 0 Å². The predicted molar refractivity (Wildman–Crippen MR) is 85.1 cm³/mol. The van der Waals surface area contributed by atoms with Crippen LogP contribution in [0.3, 0.4) is 0 Å². The van der Waals surface area contributed by atoms with Crippen LogP contribution in [-0.2, 0) is 11.3 Å². The minimum Gasteiger partial charge on any atom is -0.497 e. The Hall–Kier alpha value is -1.51. The molecule has 1 aliphatic rings. The van der Waals surface area contributed by atoms with Crippen LogP contribution in [0.4, 0.5) is 0 Å². The molecule has 0 radical (unpaired) electrons. The van der Waals surface area contributed by atoms with Crippen LogP contribution in [0.1, 0.15) is 45.6 Å². The molecule has 2 rings (SSSR count). The molecule has 116 valence electrons. The maximum atomic E-state index is 12.6. The van der Waals surface area contributed by atoms with Gasteiger partial charge < -0.3 is 10.1 Å². The van der Waals surface area contributed by atoms with Gasteiger partial charge in [-0.2, -0.15) is 0 Å². The Morgan fingerprint density at radius 2 is 2.00 bits per heavy atom. The second-order valence-electron chi connectivity index (χ2n) is 6.90. The number of hydrogen-bond donors (Lipinski definition) is 1. The first-order valence-corrected chi connectivity index (χ1v) is 7.84. The molecule has 1 N–H and O–H groups in total. The number of nitrogens with one attached hydrogen (secondary N) is 1. The zero-order chi connectivity index (χ0) is 15.5. The monoisotopic (exact) mass is 289 g/mol. The summed E-state index contributed by atoms with van der Waals surface area (Å²) in [5, 5.41) is 3.11. The summed E-state index contributed by atoms with van der Waals surface area (Å²) in [5.74, 6) is 1.62. The molecule has 0 spiro atoms. The molecule has 0 heterocycles. The first-order chi connectivity index (χ1) is 9.94. The van der Waals surface area contributed by atoms with Crippen molar-refractivity contribution in [3.05, 3.63) is 29.8 Å². The lowest BCUT2D eigenvalue weighted by Gasteiger charge is -2.41. The number of amides is 1. The van der Waals surface area contributed by atoms with E-state index in [0.29, 0.717) is 12.5 Å². The van der Waals surface area contributed by atoms with Gasteiger partial charge in [-0.25, -0.2) is 0 Å². The molecule has 0 saturated heterocycles. The zero-order valence-electron chi connectivity index (χ0n) is 13.6. The van der Waals surface area contributed by atoms with Crippen molar-refractivity contribution in [3.8, 4) is 5.75 Å². The highest BCUT2D eigenvalue weighted by atomic mass is 16.5. The van der Waals surface area contributed by atoms with Gasteiger partial charge in [-0.15, -0.1) is 0 Å². The van der Waals surface area contributed by atoms with E-state index < -0.39 is 0 Å². The Labute approximate surface area is 128 Å². The summed E-state index contributed by atoms with van der Waals surface area (Å²) in [6.45, 7) is 7.24. The van der Waals surface area contributed by atoms with Crippen molar-refractivity contribution in [1.82, 2.24) is 5.32 Å². The highest BCUT2D eigenvalue weighted by Gasteiger charge is 2.41. The number of ether oxygens (including phenoxy) is 1. The predicted octanol–water partition coefficient (Wildman–Crippen LogP) is 3.77. The minimum atomic E-state index is 0.0989. The van der Waals surface area contributed by atoms with Gasteiger partial charge in [0.1, 0.15) is 5.75 Å². The van der Waals surface area contributed by atoms with Gasteiger partial charge in [0.25, 0.3) is 0 Å². The lowest BCUT2D eigenvalue weighted by atomic mass is 9.64. The number of carbonyl (C=O) groups excluding carboxylic acids is 1. The van der Waals surface area contributed by atoms with Gasteiger partial charge in [-0.1, -0.05) is 39.3 Å². The summed E-state index contributed by atoms with van der Waals surface area (Å²) < 4.78 is 5.14. The van der Waals surface area contributed by atoms with Gasteiger partial charge in [-0.05, 0) is 41.9 Å². The van der Waals surface area contributed by atoms with Gasteiger partial charge in [-0.3, -0.25) is 4.79 Å². The second kappa shape index (κ2) is 6.50. The summed E-state index contributed by atoms with van der Waals surface area (Å²) in [4.78, 5) is 12.6. The molecule has 0 aliphatic heterocycles. The Morgan fingerprint density at radius 1 is 1.33 bits per heavy atom. The highest BCUT2D eigenvalue weighted by molar-refractivity contribution is 5.79. The van der Waals surface area contributed by atoms with E-state index in [-0.39, 0.29) is 17.2 Å². The van der Waals surface area contributed by atoms with E-state index in [2.05, 4.69) is 26.1 Å². The molecule has 0 bridgehead atoms. The molecular weight excluding hydrogens is 262 g/mol. The van der Waals surface area contributed by atoms with E-state index in [9.17, 15) is 4.79 Å². The molecule has 1 fully saturated rings. The number of benzene rings is 1. The molecule has 2 atom stereocenters. The lowest BCUT2D eigenvalue weighted by molar-refractivity contribution is -0.133. The van der Waals surface area contributed by atoms with Crippen LogP contribution < -0.4 is 10.1 Å². The van der Waals surface area contributed by atoms with Crippen LogP contribution in [0.25, 0.3) is 0 Å². The maximum Gasteiger partial charge on any atom is 0.224 e. The summed E-state index contributed by atoms with van der Waals surface area (Å²) in [6, 6.07) is 7.84. The summed E-state index contributed by atoms with van der Waals surface area (Å²) in [6.07, 6.45) is 3.53. The standard InChI is InChI=1S/C18H27NO2/c1-13-6-5-11-18(2,3)16(13)17(20)19-12-14-7-9-15(21-4)10-8-14/h7-10,13,16H,5-6,11-12H2,1-4H3,(H,19,20)/t13?,16-/m1/s1. The van der Waals surface area contributed by atoms with E-state index in [1.807, 2.05) is 24.3 Å². The van der Waals surface area contributed by atoms with Gasteiger partial charge in [0, 0.05) is 12.5 Å². The van der Waals surface area contributed by atoms with Gasteiger partial charge in [0.05, 0.1) is 7.11 Å². The van der Waals surface area contributed by atoms with Gasteiger partial charge in [0.15, 0.2) is 0 Å². The van der Waals surface area contributed by atoms with Crippen molar-refractivity contribution in [2.24, 2.45) is 17.3 Å². The van der Waals surface area contributed by atoms with Crippen LogP contribution in [0, 0.1) is 17.3 Å². The van der Waals surface area contributed by atoms with E-state index in [1.165, 1.54) is 6.42 Å². The van der Waals surface area contributed by atoms with Crippen LogP contribution in [-0.4, -0.2) is 13.0 Å². The van der Waals surface area contributed by atoms with E-state index >= 15 is 0 Å². The molecule has 3 nitrogen and oxygen atoms in total. The molecule has 0 aromatic heterocycles. The van der Waals surface area contributed by atoms with Crippen LogP contribution >= 0.6 is 0 Å². The number of carbonyl (C=O) groups is 1. The fourth-order valence-corrected chi connectivity index (χ4v) is 3.63. The Kier molecular flexibility index (Phi) is 4.92. The normalized spacial score (nSPS) is 24.4. The Bertz CT molecular complexity index is 478. The Balaban J connectivity index is 1.96. The van der Waals surface area contributed by atoms with Crippen LogP contribution in [0.15, 0.2) is 24.3 Å². The minimum absolute atomic E-state index is 0.0989. The topological polar surface area (TPSA) is 38.3 Å².